The third-order valence-corrected chi connectivity index (χ3v) is 6.47. The van der Waals surface area contributed by atoms with Crippen LogP contribution in [-0.4, -0.2) is 39.8 Å². The first-order valence-electron chi connectivity index (χ1n) is 11.8. The summed E-state index contributed by atoms with van der Waals surface area (Å²) in [5, 5.41) is 10.9. The average molecular weight is 474 g/mol. The number of carbonyl (C=O) groups excluding carboxylic acids is 1. The van der Waals surface area contributed by atoms with Crippen molar-refractivity contribution in [2.24, 2.45) is 0 Å². The number of amides is 1. The number of benzene rings is 3. The van der Waals surface area contributed by atoms with Crippen LogP contribution in [-0.2, 0) is 11.3 Å². The molecule has 1 amide bonds. The molecule has 0 bridgehead atoms. The van der Waals surface area contributed by atoms with E-state index in [0.717, 1.165) is 27.9 Å². The molecule has 1 saturated heterocycles. The Kier molecular flexibility index (Phi) is 6.26. The third-order valence-electron chi connectivity index (χ3n) is 6.47. The van der Waals surface area contributed by atoms with E-state index in [1.807, 2.05) is 60.9 Å². The van der Waals surface area contributed by atoms with Crippen LogP contribution >= 0.6 is 0 Å². The molecule has 0 unspecified atom stereocenters. The molecule has 0 radical (unpaired) electrons. The highest BCUT2D eigenvalue weighted by Crippen LogP contribution is 2.34. The van der Waals surface area contributed by atoms with Crippen LogP contribution in [0.25, 0.3) is 11.0 Å². The Morgan fingerprint density at radius 3 is 2.69 bits per heavy atom. The molecule has 3 aromatic carbocycles. The second kappa shape index (κ2) is 9.50. The molecule has 0 saturated carbocycles. The van der Waals surface area contributed by atoms with Gasteiger partial charge in [0.1, 0.15) is 30.1 Å². The first-order chi connectivity index (χ1) is 16.9. The monoisotopic (exact) mass is 473 g/mol. The topological polar surface area (TPSA) is 67.6 Å². The van der Waals surface area contributed by atoms with Gasteiger partial charge in [-0.05, 0) is 49.7 Å². The van der Waals surface area contributed by atoms with Crippen molar-refractivity contribution in [2.45, 2.75) is 38.8 Å². The summed E-state index contributed by atoms with van der Waals surface area (Å²) in [6, 6.07) is 20.0. The minimum absolute atomic E-state index is 0.126. The van der Waals surface area contributed by atoms with E-state index in [1.165, 1.54) is 11.0 Å². The van der Waals surface area contributed by atoms with E-state index in [2.05, 4.69) is 0 Å². The summed E-state index contributed by atoms with van der Waals surface area (Å²) in [7, 11) is 0. The van der Waals surface area contributed by atoms with Crippen molar-refractivity contribution in [1.82, 2.24) is 9.55 Å². The number of ether oxygens (including phenoxy) is 1. The van der Waals surface area contributed by atoms with Gasteiger partial charge in [-0.1, -0.05) is 42.0 Å². The molecule has 2 heterocycles. The normalized spacial score (nSPS) is 16.7. The van der Waals surface area contributed by atoms with Gasteiger partial charge in [0.2, 0.25) is 5.91 Å². The maximum Gasteiger partial charge on any atom is 0.227 e. The fourth-order valence-corrected chi connectivity index (χ4v) is 4.79. The van der Waals surface area contributed by atoms with Gasteiger partial charge >= 0.3 is 0 Å². The number of para-hydroxylation sites is 3. The van der Waals surface area contributed by atoms with Crippen molar-refractivity contribution in [3.63, 3.8) is 0 Å². The lowest BCUT2D eigenvalue weighted by atomic mass is 10.1. The lowest BCUT2D eigenvalue weighted by Gasteiger charge is -2.19. The first-order valence-corrected chi connectivity index (χ1v) is 11.8. The van der Waals surface area contributed by atoms with Crippen molar-refractivity contribution in [3.05, 3.63) is 89.5 Å². The van der Waals surface area contributed by atoms with Crippen molar-refractivity contribution >= 4 is 22.6 Å². The second-order valence-corrected chi connectivity index (χ2v) is 9.16. The lowest BCUT2D eigenvalue weighted by molar-refractivity contribution is -0.117. The van der Waals surface area contributed by atoms with Crippen LogP contribution in [0.1, 0.15) is 29.3 Å². The Morgan fingerprint density at radius 2 is 1.89 bits per heavy atom. The highest BCUT2D eigenvalue weighted by Gasteiger charge is 2.36. The molecule has 7 heteroatoms. The number of aromatic nitrogens is 2. The van der Waals surface area contributed by atoms with Crippen LogP contribution in [0.5, 0.6) is 5.75 Å². The maximum atomic E-state index is 14.4. The number of halogens is 1. The van der Waals surface area contributed by atoms with Crippen LogP contribution < -0.4 is 9.64 Å². The fourth-order valence-electron chi connectivity index (χ4n) is 4.79. The van der Waals surface area contributed by atoms with Gasteiger partial charge in [0.15, 0.2) is 0 Å². The molecule has 4 aromatic rings. The summed E-state index contributed by atoms with van der Waals surface area (Å²) >= 11 is 0. The number of rotatable bonds is 7. The number of nitrogens with zero attached hydrogens (tertiary/aromatic N) is 3. The van der Waals surface area contributed by atoms with Gasteiger partial charge in [-0.3, -0.25) is 4.79 Å². The number of aliphatic hydroxyl groups is 1. The summed E-state index contributed by atoms with van der Waals surface area (Å²) in [6.07, 6.45) is -0.556. The number of aliphatic hydroxyl groups excluding tert-OH is 1. The molecule has 1 aliphatic heterocycles. The molecule has 35 heavy (non-hydrogen) atoms. The first kappa shape index (κ1) is 23.1. The van der Waals surface area contributed by atoms with Crippen molar-refractivity contribution in [1.29, 1.82) is 0 Å². The van der Waals surface area contributed by atoms with Gasteiger partial charge in [-0.25, -0.2) is 9.37 Å². The summed E-state index contributed by atoms with van der Waals surface area (Å²) in [5.74, 6) is 0.671. The molecule has 1 fully saturated rings. The van der Waals surface area contributed by atoms with Gasteiger partial charge in [-0.15, -0.1) is 0 Å². The third kappa shape index (κ3) is 4.64. The SMILES string of the molecule is Cc1ccc(OC[C@@H](O)Cn2c([C@@H]3CC(=O)N(c4ccccc4F)C3)nc3ccccc32)c(C)c1. The molecule has 1 aliphatic rings. The van der Waals surface area contributed by atoms with Gasteiger partial charge < -0.3 is 19.3 Å². The number of carbonyl (C=O) groups is 1. The maximum absolute atomic E-state index is 14.4. The van der Waals surface area contributed by atoms with Gasteiger partial charge in [0.25, 0.3) is 0 Å². The zero-order chi connectivity index (χ0) is 24.5. The number of hydrogen-bond donors (Lipinski definition) is 1. The van der Waals surface area contributed by atoms with Crippen LogP contribution in [0.2, 0.25) is 0 Å². The molecule has 0 aliphatic carbocycles. The molecule has 1 aromatic heterocycles. The Bertz CT molecular complexity index is 1380. The Hall–Kier alpha value is -3.71. The van der Waals surface area contributed by atoms with Crippen LogP contribution in [0.3, 0.4) is 0 Å². The summed E-state index contributed by atoms with van der Waals surface area (Å²) in [4.78, 5) is 19.1. The lowest BCUT2D eigenvalue weighted by Crippen LogP contribution is -2.27. The fraction of sp³-hybridized carbons (Fsp3) is 0.286. The standard InChI is InChI=1S/C28H28FN3O3/c1-18-11-12-26(19(2)13-18)35-17-21(33)16-32-25-10-6-4-8-23(25)30-28(32)20-14-27(34)31(15-20)24-9-5-3-7-22(24)29/h3-13,20-21,33H,14-17H2,1-2H3/t20-,21+/m1/s1. The minimum atomic E-state index is -0.785. The van der Waals surface area contributed by atoms with E-state index < -0.39 is 11.9 Å². The molecule has 0 spiro atoms. The summed E-state index contributed by atoms with van der Waals surface area (Å²) in [5.41, 5.74) is 4.13. The zero-order valence-electron chi connectivity index (χ0n) is 19.8. The van der Waals surface area contributed by atoms with Gasteiger partial charge in [0, 0.05) is 18.9 Å². The average Bonchev–Trinajstić information content (AvgIpc) is 3.39. The predicted octanol–water partition coefficient (Wildman–Crippen LogP) is 4.75. The Balaban J connectivity index is 1.39. The van der Waals surface area contributed by atoms with E-state index >= 15 is 0 Å². The highest BCUT2D eigenvalue weighted by atomic mass is 19.1. The molecule has 1 N–H and O–H groups in total. The van der Waals surface area contributed by atoms with E-state index in [9.17, 15) is 14.3 Å². The van der Waals surface area contributed by atoms with E-state index in [4.69, 9.17) is 9.72 Å². The highest BCUT2D eigenvalue weighted by molar-refractivity contribution is 5.96. The predicted molar refractivity (Wildman–Crippen MR) is 133 cm³/mol. The van der Waals surface area contributed by atoms with Crippen molar-refractivity contribution in [2.75, 3.05) is 18.1 Å². The largest absolute Gasteiger partial charge is 0.491 e. The Labute approximate surface area is 203 Å². The molecule has 180 valence electrons. The van der Waals surface area contributed by atoms with Crippen molar-refractivity contribution in [3.8, 4) is 5.75 Å². The van der Waals surface area contributed by atoms with Crippen molar-refractivity contribution < 1.29 is 19.0 Å². The van der Waals surface area contributed by atoms with E-state index in [0.29, 0.717) is 12.4 Å². The van der Waals surface area contributed by atoms with Crippen LogP contribution in [0.15, 0.2) is 66.7 Å². The number of hydrogen-bond acceptors (Lipinski definition) is 4. The molecular weight excluding hydrogens is 445 g/mol. The Morgan fingerprint density at radius 1 is 1.11 bits per heavy atom. The quantitative estimate of drug-likeness (QED) is 0.421. The number of fused-ring (bicyclic) bond motifs is 1. The van der Waals surface area contributed by atoms with E-state index in [1.54, 1.807) is 18.2 Å². The van der Waals surface area contributed by atoms with E-state index in [-0.39, 0.29) is 37.1 Å². The summed E-state index contributed by atoms with van der Waals surface area (Å²) < 4.78 is 22.2. The van der Waals surface area contributed by atoms with Crippen LogP contribution in [0, 0.1) is 19.7 Å². The molecule has 6 nitrogen and oxygen atoms in total. The smallest absolute Gasteiger partial charge is 0.227 e. The van der Waals surface area contributed by atoms with Crippen LogP contribution in [0.4, 0.5) is 10.1 Å². The number of imidazole rings is 1. The van der Waals surface area contributed by atoms with Gasteiger partial charge in [0.05, 0.1) is 23.3 Å². The molecule has 2 atom stereocenters. The zero-order valence-corrected chi connectivity index (χ0v) is 19.8. The van der Waals surface area contributed by atoms with Gasteiger partial charge in [-0.2, -0.15) is 0 Å². The molecule has 5 rings (SSSR count). The number of aryl methyl sites for hydroxylation is 2. The minimum Gasteiger partial charge on any atom is -0.491 e. The second-order valence-electron chi connectivity index (χ2n) is 9.16. The number of anilines is 1. The summed E-state index contributed by atoms with van der Waals surface area (Å²) in [6.45, 7) is 4.73. The molecular formula is C28H28FN3O3.